The van der Waals surface area contributed by atoms with E-state index in [1.54, 1.807) is 0 Å². The first-order chi connectivity index (χ1) is 13.7. The van der Waals surface area contributed by atoms with Crippen molar-refractivity contribution in [3.63, 3.8) is 0 Å². The van der Waals surface area contributed by atoms with Crippen LogP contribution in [0.1, 0.15) is 75.2 Å². The Morgan fingerprint density at radius 1 is 0.552 bits per heavy atom. The molecule has 0 saturated carbocycles. The summed E-state index contributed by atoms with van der Waals surface area (Å²) >= 11 is 10.4. The minimum Gasteiger partial charge on any atom is -0.353 e. The van der Waals surface area contributed by atoms with E-state index in [0.717, 1.165) is 13.2 Å². The van der Waals surface area contributed by atoms with Crippen LogP contribution in [-0.4, -0.2) is 45.9 Å². The average molecular weight is 499 g/mol. The molecule has 0 bridgehead atoms. The van der Waals surface area contributed by atoms with Crippen molar-refractivity contribution in [2.75, 3.05) is 39.6 Å². The third-order valence-electron chi connectivity index (χ3n) is 2.65. The van der Waals surface area contributed by atoms with Gasteiger partial charge in [-0.3, -0.25) is 0 Å². The van der Waals surface area contributed by atoms with Crippen molar-refractivity contribution in [2.45, 2.75) is 81.4 Å². The molecule has 0 aromatic rings. The summed E-state index contributed by atoms with van der Waals surface area (Å²) in [4.78, 5) is 0. The quantitative estimate of drug-likeness (QED) is 0.179. The van der Waals surface area contributed by atoms with Gasteiger partial charge in [0.25, 0.3) is 0 Å². The maximum absolute atomic E-state index is 5.55. The van der Waals surface area contributed by atoms with E-state index in [-0.39, 0.29) is 6.29 Å². The maximum Gasteiger partial charge on any atom is 0.334 e. The molecule has 0 saturated heterocycles. The number of rotatable bonds is 15. The standard InChI is InChI=1S/C8H20O5P2S2.C6H14O2.C4H10/c1-5-9-14(16,10-6-2)13-15(17,11-7-3)12-8-4;1-4-7-6(3)8-5-2;1-3-4-2/h5-8H2,1-4H3;6H,4-5H2,1-3H3;3-4H2,1-2H3. The largest absolute Gasteiger partial charge is 0.353 e. The monoisotopic (exact) mass is 498 g/mol. The Hall–Kier alpha value is 1.02. The van der Waals surface area contributed by atoms with Crippen LogP contribution in [0.2, 0.25) is 0 Å². The van der Waals surface area contributed by atoms with Gasteiger partial charge in [0.05, 0.1) is 26.4 Å². The van der Waals surface area contributed by atoms with Crippen LogP contribution in [0.3, 0.4) is 0 Å². The molecule has 0 N–H and O–H groups in total. The molecule has 0 aliphatic rings. The van der Waals surface area contributed by atoms with Crippen LogP contribution < -0.4 is 0 Å². The summed E-state index contributed by atoms with van der Waals surface area (Å²) in [6.07, 6.45) is 2.60. The highest BCUT2D eigenvalue weighted by atomic mass is 32.5. The Morgan fingerprint density at radius 3 is 1.00 bits per heavy atom. The lowest BCUT2D eigenvalue weighted by Gasteiger charge is -2.27. The lowest BCUT2D eigenvalue weighted by molar-refractivity contribution is -0.123. The SMILES string of the molecule is CCCC.CCOC(C)OCC.CCOP(=S)(OCC)OP(=S)(OCC)OCC. The molecule has 0 aromatic carbocycles. The highest BCUT2D eigenvalue weighted by Gasteiger charge is 2.31. The van der Waals surface area contributed by atoms with E-state index in [2.05, 4.69) is 13.8 Å². The van der Waals surface area contributed by atoms with Crippen LogP contribution in [0.25, 0.3) is 0 Å². The predicted octanol–water partition coefficient (Wildman–Crippen LogP) is 6.81. The van der Waals surface area contributed by atoms with Gasteiger partial charge >= 0.3 is 13.4 Å². The molecule has 0 aromatic heterocycles. The fourth-order valence-electron chi connectivity index (χ4n) is 1.44. The lowest BCUT2D eigenvalue weighted by Crippen LogP contribution is -2.11. The molecule has 0 aliphatic heterocycles. The lowest BCUT2D eigenvalue weighted by atomic mass is 10.4. The number of hydrogen-bond acceptors (Lipinski definition) is 9. The van der Waals surface area contributed by atoms with Crippen LogP contribution >= 0.6 is 13.4 Å². The molecule has 0 spiro atoms. The third-order valence-corrected chi connectivity index (χ3v) is 9.01. The molecule has 0 fully saturated rings. The Balaban J connectivity index is -0.000000465. The van der Waals surface area contributed by atoms with Crippen molar-refractivity contribution in [1.82, 2.24) is 0 Å². The summed E-state index contributed by atoms with van der Waals surface area (Å²) in [5.74, 6) is 0. The summed E-state index contributed by atoms with van der Waals surface area (Å²) in [5, 5.41) is 0. The average Bonchev–Trinajstić information content (AvgIpc) is 2.63. The first-order valence-electron chi connectivity index (χ1n) is 10.4. The van der Waals surface area contributed by atoms with Crippen molar-refractivity contribution < 1.29 is 31.9 Å². The van der Waals surface area contributed by atoms with E-state index in [1.807, 2.05) is 48.5 Å². The van der Waals surface area contributed by atoms with E-state index >= 15 is 0 Å². The topological polar surface area (TPSA) is 64.6 Å². The molecule has 0 aliphatic carbocycles. The first-order valence-corrected chi connectivity index (χ1v) is 15.5. The number of unbranched alkanes of at least 4 members (excludes halogenated alkanes) is 1. The molecular formula is C18H44O7P2S2. The molecule has 0 unspecified atom stereocenters. The molecule has 0 heterocycles. The van der Waals surface area contributed by atoms with Crippen LogP contribution in [-0.2, 0) is 55.5 Å². The third kappa shape index (κ3) is 23.5. The molecule has 0 amide bonds. The fourth-order valence-corrected chi connectivity index (χ4v) is 7.81. The van der Waals surface area contributed by atoms with Gasteiger partial charge in [-0.05, 0) is 72.1 Å². The van der Waals surface area contributed by atoms with Crippen molar-refractivity contribution >= 4 is 37.1 Å². The Morgan fingerprint density at radius 2 is 0.828 bits per heavy atom. The molecule has 0 atom stereocenters. The minimum absolute atomic E-state index is 0.0370. The van der Waals surface area contributed by atoms with Crippen LogP contribution in [0.5, 0.6) is 0 Å². The summed E-state index contributed by atoms with van der Waals surface area (Å²) in [6, 6.07) is 0. The van der Waals surface area contributed by atoms with Gasteiger partial charge in [0.15, 0.2) is 6.29 Å². The molecule has 7 nitrogen and oxygen atoms in total. The van der Waals surface area contributed by atoms with Crippen LogP contribution in [0.4, 0.5) is 0 Å². The van der Waals surface area contributed by atoms with Gasteiger partial charge in [-0.1, -0.05) is 26.7 Å². The van der Waals surface area contributed by atoms with Crippen LogP contribution in [0, 0.1) is 0 Å². The van der Waals surface area contributed by atoms with Gasteiger partial charge in [0.2, 0.25) is 0 Å². The molecule has 29 heavy (non-hydrogen) atoms. The molecule has 0 rings (SSSR count). The Labute approximate surface area is 190 Å². The van der Waals surface area contributed by atoms with E-state index in [0.29, 0.717) is 26.4 Å². The first kappa shape index (κ1) is 34.6. The van der Waals surface area contributed by atoms with Gasteiger partial charge in [-0.15, -0.1) is 0 Å². The summed E-state index contributed by atoms with van der Waals surface area (Å²) in [7, 11) is 0. The Kier molecular flexibility index (Phi) is 28.3. The zero-order valence-electron chi connectivity index (χ0n) is 19.8. The zero-order valence-corrected chi connectivity index (χ0v) is 23.2. The normalized spacial score (nSPS) is 11.5. The van der Waals surface area contributed by atoms with Gasteiger partial charge < -0.3 is 27.6 Å². The summed E-state index contributed by atoms with van der Waals surface area (Å²) < 4.78 is 37.0. The van der Waals surface area contributed by atoms with Crippen molar-refractivity contribution in [2.24, 2.45) is 0 Å². The highest BCUT2D eigenvalue weighted by molar-refractivity contribution is 8.14. The zero-order chi connectivity index (χ0) is 23.2. The van der Waals surface area contributed by atoms with Crippen molar-refractivity contribution in [3.8, 4) is 0 Å². The van der Waals surface area contributed by atoms with Gasteiger partial charge in [-0.2, -0.15) is 0 Å². The molecule has 11 heteroatoms. The minimum atomic E-state index is -2.87. The van der Waals surface area contributed by atoms with Crippen LogP contribution in [0.15, 0.2) is 0 Å². The highest BCUT2D eigenvalue weighted by Crippen LogP contribution is 2.66. The second-order valence-electron chi connectivity index (χ2n) is 5.13. The van der Waals surface area contributed by atoms with Gasteiger partial charge in [0, 0.05) is 13.2 Å². The number of ether oxygens (including phenoxy) is 2. The fraction of sp³-hybridized carbons (Fsp3) is 1.00. The summed E-state index contributed by atoms with van der Waals surface area (Å²) in [6.45, 7) is 14.7. The molecule has 0 radical (unpaired) electrons. The second-order valence-corrected chi connectivity index (χ2v) is 11.3. The van der Waals surface area contributed by atoms with Crippen molar-refractivity contribution in [3.05, 3.63) is 0 Å². The predicted molar refractivity (Wildman–Crippen MR) is 129 cm³/mol. The number of hydrogen-bond donors (Lipinski definition) is 0. The van der Waals surface area contributed by atoms with E-state index in [4.69, 9.17) is 55.5 Å². The van der Waals surface area contributed by atoms with Gasteiger partial charge in [-0.25, -0.2) is 4.31 Å². The van der Waals surface area contributed by atoms with Gasteiger partial charge in [0.1, 0.15) is 0 Å². The second kappa shape index (κ2) is 23.7. The van der Waals surface area contributed by atoms with Crippen molar-refractivity contribution in [1.29, 1.82) is 0 Å². The smallest absolute Gasteiger partial charge is 0.334 e. The maximum atomic E-state index is 5.55. The molecule has 180 valence electrons. The van der Waals surface area contributed by atoms with E-state index in [9.17, 15) is 0 Å². The Bertz CT molecular complexity index is 373. The van der Waals surface area contributed by atoms with E-state index in [1.165, 1.54) is 12.8 Å². The molecular weight excluding hydrogens is 454 g/mol. The van der Waals surface area contributed by atoms with E-state index < -0.39 is 13.4 Å². The summed E-state index contributed by atoms with van der Waals surface area (Å²) in [5.41, 5.74) is 0.